The molecule has 100 valence electrons. The average molecular weight is 244 g/mol. The zero-order valence-electron chi connectivity index (χ0n) is 11.4. The largest absolute Gasteiger partial charge is 0.394 e. The summed E-state index contributed by atoms with van der Waals surface area (Å²) >= 11 is 0. The number of amides is 1. The molecule has 1 aliphatic rings. The minimum Gasteiger partial charge on any atom is -0.394 e. The first-order valence-electron chi connectivity index (χ1n) is 6.00. The van der Waals surface area contributed by atoms with E-state index in [4.69, 9.17) is 4.74 Å². The topological polar surface area (TPSA) is 53.0 Å². The van der Waals surface area contributed by atoms with Crippen molar-refractivity contribution >= 4 is 5.91 Å². The van der Waals surface area contributed by atoms with Crippen LogP contribution in [0.5, 0.6) is 0 Å². The molecule has 1 saturated heterocycles. The number of carbonyl (C=O) groups excluding carboxylic acids is 1. The SMILES string of the molecule is CC(C(=O)N(C)C)N1CC(CO)OC(C)(C)C1. The van der Waals surface area contributed by atoms with Gasteiger partial charge in [0.1, 0.15) is 0 Å². The molecule has 0 bridgehead atoms. The summed E-state index contributed by atoms with van der Waals surface area (Å²) in [5.74, 6) is 0.0828. The van der Waals surface area contributed by atoms with Gasteiger partial charge in [-0.1, -0.05) is 0 Å². The molecule has 0 aliphatic carbocycles. The van der Waals surface area contributed by atoms with Crippen LogP contribution in [-0.4, -0.2) is 72.4 Å². The van der Waals surface area contributed by atoms with E-state index in [1.807, 2.05) is 20.8 Å². The fourth-order valence-electron chi connectivity index (χ4n) is 2.26. The van der Waals surface area contributed by atoms with Crippen molar-refractivity contribution in [1.82, 2.24) is 9.80 Å². The Bertz CT molecular complexity index is 279. The van der Waals surface area contributed by atoms with Crippen LogP contribution >= 0.6 is 0 Å². The molecule has 0 aromatic heterocycles. The first-order chi connectivity index (χ1) is 7.76. The van der Waals surface area contributed by atoms with Crippen LogP contribution in [0.2, 0.25) is 0 Å². The minimum absolute atomic E-state index is 0.0111. The molecule has 1 fully saturated rings. The first kappa shape index (κ1) is 14.4. The third-order valence-electron chi connectivity index (χ3n) is 3.06. The Morgan fingerprint density at radius 2 is 2.18 bits per heavy atom. The third kappa shape index (κ3) is 3.66. The number of hydrogen-bond acceptors (Lipinski definition) is 4. The number of aliphatic hydroxyl groups is 1. The molecular formula is C12H24N2O3. The standard InChI is InChI=1S/C12H24N2O3/c1-9(11(16)13(4)5)14-6-10(7-15)17-12(2,3)8-14/h9-10,15H,6-8H2,1-5H3. The van der Waals surface area contributed by atoms with Gasteiger partial charge in [-0.2, -0.15) is 0 Å². The summed E-state index contributed by atoms with van der Waals surface area (Å²) in [6.07, 6.45) is -0.212. The summed E-state index contributed by atoms with van der Waals surface area (Å²) in [5.41, 5.74) is -0.327. The van der Waals surface area contributed by atoms with E-state index in [2.05, 4.69) is 4.90 Å². The van der Waals surface area contributed by atoms with Crippen LogP contribution in [0.15, 0.2) is 0 Å². The van der Waals surface area contributed by atoms with Crippen molar-refractivity contribution in [3.8, 4) is 0 Å². The fraction of sp³-hybridized carbons (Fsp3) is 0.917. The molecule has 2 atom stereocenters. The van der Waals surface area contributed by atoms with Crippen LogP contribution in [-0.2, 0) is 9.53 Å². The Hall–Kier alpha value is -0.650. The maximum atomic E-state index is 11.9. The summed E-state index contributed by atoms with van der Waals surface area (Å²) in [5, 5.41) is 9.22. The number of morpholine rings is 1. The molecular weight excluding hydrogens is 220 g/mol. The monoisotopic (exact) mass is 244 g/mol. The van der Waals surface area contributed by atoms with Gasteiger partial charge in [0.2, 0.25) is 5.91 Å². The highest BCUT2D eigenvalue weighted by molar-refractivity contribution is 5.80. The van der Waals surface area contributed by atoms with Crippen molar-refractivity contribution < 1.29 is 14.6 Å². The van der Waals surface area contributed by atoms with E-state index < -0.39 is 0 Å². The van der Waals surface area contributed by atoms with Crippen LogP contribution in [0, 0.1) is 0 Å². The van der Waals surface area contributed by atoms with Gasteiger partial charge in [0.15, 0.2) is 0 Å². The maximum Gasteiger partial charge on any atom is 0.239 e. The van der Waals surface area contributed by atoms with E-state index in [0.29, 0.717) is 13.1 Å². The van der Waals surface area contributed by atoms with Crippen molar-refractivity contribution in [2.75, 3.05) is 33.8 Å². The molecule has 0 radical (unpaired) electrons. The van der Waals surface area contributed by atoms with Gasteiger partial charge in [-0.25, -0.2) is 0 Å². The molecule has 1 rings (SSSR count). The quantitative estimate of drug-likeness (QED) is 0.755. The lowest BCUT2D eigenvalue weighted by atomic mass is 10.0. The van der Waals surface area contributed by atoms with Gasteiger partial charge in [0, 0.05) is 27.2 Å². The number of likely N-dealkylation sites (N-methyl/N-ethyl adjacent to an activating group) is 1. The number of hydrogen-bond donors (Lipinski definition) is 1. The van der Waals surface area contributed by atoms with Crippen molar-refractivity contribution in [3.05, 3.63) is 0 Å². The Labute approximate surface area is 103 Å². The van der Waals surface area contributed by atoms with Crippen LogP contribution < -0.4 is 0 Å². The van der Waals surface area contributed by atoms with Crippen molar-refractivity contribution in [2.24, 2.45) is 0 Å². The normalized spacial score (nSPS) is 26.6. The highest BCUT2D eigenvalue weighted by atomic mass is 16.5. The molecule has 0 aromatic carbocycles. The van der Waals surface area contributed by atoms with Crippen LogP contribution in [0.4, 0.5) is 0 Å². The van der Waals surface area contributed by atoms with Crippen LogP contribution in [0.25, 0.3) is 0 Å². The minimum atomic E-state index is -0.327. The van der Waals surface area contributed by atoms with Gasteiger partial charge in [-0.05, 0) is 20.8 Å². The summed E-state index contributed by atoms with van der Waals surface area (Å²) in [6.45, 7) is 7.15. The molecule has 0 saturated carbocycles. The molecule has 0 aromatic rings. The lowest BCUT2D eigenvalue weighted by Crippen LogP contribution is -2.58. The van der Waals surface area contributed by atoms with Gasteiger partial charge in [0.05, 0.1) is 24.4 Å². The predicted molar refractivity (Wildman–Crippen MR) is 65.8 cm³/mol. The smallest absolute Gasteiger partial charge is 0.239 e. The van der Waals surface area contributed by atoms with Crippen LogP contribution in [0.3, 0.4) is 0 Å². The maximum absolute atomic E-state index is 11.9. The molecule has 5 heteroatoms. The molecule has 2 unspecified atom stereocenters. The van der Waals surface area contributed by atoms with Gasteiger partial charge in [0.25, 0.3) is 0 Å². The number of ether oxygens (including phenoxy) is 1. The summed E-state index contributed by atoms with van der Waals surface area (Å²) in [4.78, 5) is 15.6. The van der Waals surface area contributed by atoms with E-state index in [1.54, 1.807) is 19.0 Å². The summed E-state index contributed by atoms with van der Waals surface area (Å²) < 4.78 is 5.73. The summed E-state index contributed by atoms with van der Waals surface area (Å²) in [7, 11) is 3.52. The fourth-order valence-corrected chi connectivity index (χ4v) is 2.26. The van der Waals surface area contributed by atoms with Gasteiger partial charge < -0.3 is 14.7 Å². The van der Waals surface area contributed by atoms with E-state index in [9.17, 15) is 9.90 Å². The number of nitrogens with zero attached hydrogens (tertiary/aromatic N) is 2. The molecule has 17 heavy (non-hydrogen) atoms. The van der Waals surface area contributed by atoms with Crippen LogP contribution in [0.1, 0.15) is 20.8 Å². The van der Waals surface area contributed by atoms with Gasteiger partial charge in [-0.15, -0.1) is 0 Å². The van der Waals surface area contributed by atoms with E-state index in [0.717, 1.165) is 0 Å². The predicted octanol–water partition coefficient (Wildman–Crippen LogP) is -0.0652. The highest BCUT2D eigenvalue weighted by Crippen LogP contribution is 2.22. The number of aliphatic hydroxyl groups excluding tert-OH is 1. The molecule has 1 amide bonds. The lowest BCUT2D eigenvalue weighted by molar-refractivity contribution is -0.163. The molecule has 1 aliphatic heterocycles. The Morgan fingerprint density at radius 1 is 1.59 bits per heavy atom. The van der Waals surface area contributed by atoms with Crippen molar-refractivity contribution in [2.45, 2.75) is 38.5 Å². The van der Waals surface area contributed by atoms with E-state index in [1.165, 1.54) is 0 Å². The Morgan fingerprint density at radius 3 is 2.65 bits per heavy atom. The first-order valence-corrected chi connectivity index (χ1v) is 6.00. The second kappa shape index (κ2) is 5.33. The zero-order valence-corrected chi connectivity index (χ0v) is 11.4. The zero-order chi connectivity index (χ0) is 13.2. The van der Waals surface area contributed by atoms with Gasteiger partial charge in [-0.3, -0.25) is 9.69 Å². The molecule has 1 heterocycles. The lowest BCUT2D eigenvalue weighted by Gasteiger charge is -2.44. The summed E-state index contributed by atoms with van der Waals surface area (Å²) in [6, 6.07) is -0.178. The van der Waals surface area contributed by atoms with E-state index >= 15 is 0 Å². The van der Waals surface area contributed by atoms with E-state index in [-0.39, 0.29) is 30.3 Å². The third-order valence-corrected chi connectivity index (χ3v) is 3.06. The molecule has 5 nitrogen and oxygen atoms in total. The number of rotatable bonds is 3. The van der Waals surface area contributed by atoms with Crippen molar-refractivity contribution in [3.63, 3.8) is 0 Å². The highest BCUT2D eigenvalue weighted by Gasteiger charge is 2.37. The van der Waals surface area contributed by atoms with Crippen molar-refractivity contribution in [1.29, 1.82) is 0 Å². The second-order valence-electron chi connectivity index (χ2n) is 5.52. The number of carbonyl (C=O) groups is 1. The molecule has 1 N–H and O–H groups in total. The Balaban J connectivity index is 2.73. The Kier molecular flexibility index (Phi) is 4.52. The second-order valence-corrected chi connectivity index (χ2v) is 5.52. The molecule has 0 spiro atoms. The van der Waals surface area contributed by atoms with Gasteiger partial charge >= 0.3 is 0 Å². The average Bonchev–Trinajstić information content (AvgIpc) is 2.24.